The summed E-state index contributed by atoms with van der Waals surface area (Å²) < 4.78 is 37.9. The van der Waals surface area contributed by atoms with E-state index in [4.69, 9.17) is 5.11 Å². The standard InChI is InChI=1S/C11H10BrF3O2/c12-8-4-1-7(2-5-8)3-6-9(10(16)17)11(13,14)15/h1-2,4-5,9H,3,6H2,(H,16,17)/t9-/m1/s1. The first-order valence-corrected chi connectivity index (χ1v) is 5.64. The minimum Gasteiger partial charge on any atom is -0.481 e. The SMILES string of the molecule is O=C(O)[C@@H](CCc1ccc(Br)cc1)C(F)(F)F. The molecule has 0 bridgehead atoms. The molecule has 0 radical (unpaired) electrons. The van der Waals surface area contributed by atoms with E-state index in [1.807, 2.05) is 0 Å². The molecule has 1 atom stereocenters. The molecule has 0 aliphatic rings. The van der Waals surface area contributed by atoms with Crippen LogP contribution in [0.3, 0.4) is 0 Å². The van der Waals surface area contributed by atoms with Gasteiger partial charge in [0.2, 0.25) is 0 Å². The zero-order chi connectivity index (χ0) is 13.1. The van der Waals surface area contributed by atoms with Crippen LogP contribution in [0.5, 0.6) is 0 Å². The van der Waals surface area contributed by atoms with Crippen LogP contribution in [-0.4, -0.2) is 17.3 Å². The van der Waals surface area contributed by atoms with Crippen LogP contribution in [0, 0.1) is 5.92 Å². The third-order valence-corrected chi connectivity index (χ3v) is 2.86. The van der Waals surface area contributed by atoms with E-state index in [1.54, 1.807) is 24.3 Å². The number of hydrogen-bond donors (Lipinski definition) is 1. The van der Waals surface area contributed by atoms with Gasteiger partial charge in [-0.3, -0.25) is 4.79 Å². The Hall–Kier alpha value is -1.04. The summed E-state index contributed by atoms with van der Waals surface area (Å²) in [5.41, 5.74) is 0.684. The van der Waals surface area contributed by atoms with E-state index >= 15 is 0 Å². The lowest BCUT2D eigenvalue weighted by Gasteiger charge is -2.15. The highest BCUT2D eigenvalue weighted by Gasteiger charge is 2.44. The van der Waals surface area contributed by atoms with Crippen molar-refractivity contribution in [1.82, 2.24) is 0 Å². The number of halogens is 4. The van der Waals surface area contributed by atoms with Crippen LogP contribution in [0.25, 0.3) is 0 Å². The van der Waals surface area contributed by atoms with Crippen molar-refractivity contribution in [3.05, 3.63) is 34.3 Å². The molecule has 0 heterocycles. The monoisotopic (exact) mass is 310 g/mol. The third-order valence-electron chi connectivity index (χ3n) is 2.33. The number of rotatable bonds is 4. The lowest BCUT2D eigenvalue weighted by atomic mass is 9.99. The first-order valence-electron chi connectivity index (χ1n) is 4.84. The van der Waals surface area contributed by atoms with Gasteiger partial charge in [0.25, 0.3) is 0 Å². The molecular weight excluding hydrogens is 301 g/mol. The summed E-state index contributed by atoms with van der Waals surface area (Å²) in [7, 11) is 0. The van der Waals surface area contributed by atoms with E-state index in [-0.39, 0.29) is 6.42 Å². The van der Waals surface area contributed by atoms with Crippen molar-refractivity contribution in [2.75, 3.05) is 0 Å². The Morgan fingerprint density at radius 1 is 1.29 bits per heavy atom. The molecule has 0 amide bonds. The Morgan fingerprint density at radius 3 is 2.24 bits per heavy atom. The van der Waals surface area contributed by atoms with Crippen LogP contribution < -0.4 is 0 Å². The van der Waals surface area contributed by atoms with Crippen LogP contribution >= 0.6 is 15.9 Å². The average molecular weight is 311 g/mol. The first kappa shape index (κ1) is 14.0. The smallest absolute Gasteiger partial charge is 0.402 e. The summed E-state index contributed by atoms with van der Waals surface area (Å²) in [6, 6.07) is 6.75. The van der Waals surface area contributed by atoms with Gasteiger partial charge in [-0.25, -0.2) is 0 Å². The highest BCUT2D eigenvalue weighted by molar-refractivity contribution is 9.10. The topological polar surface area (TPSA) is 37.3 Å². The number of aliphatic carboxylic acids is 1. The van der Waals surface area contributed by atoms with E-state index in [2.05, 4.69) is 15.9 Å². The van der Waals surface area contributed by atoms with Gasteiger partial charge in [-0.1, -0.05) is 28.1 Å². The normalized spacial score (nSPS) is 13.4. The maximum absolute atomic E-state index is 12.3. The van der Waals surface area contributed by atoms with Gasteiger partial charge in [0, 0.05) is 4.47 Å². The quantitative estimate of drug-likeness (QED) is 0.921. The van der Waals surface area contributed by atoms with E-state index < -0.39 is 24.5 Å². The fourth-order valence-electron chi connectivity index (χ4n) is 1.39. The zero-order valence-electron chi connectivity index (χ0n) is 8.67. The molecule has 0 spiro atoms. The lowest BCUT2D eigenvalue weighted by molar-refractivity contribution is -0.194. The molecule has 6 heteroatoms. The molecule has 0 fully saturated rings. The average Bonchev–Trinajstić information content (AvgIpc) is 2.18. The number of aryl methyl sites for hydroxylation is 1. The Kier molecular flexibility index (Phi) is 4.56. The third kappa shape index (κ3) is 4.38. The van der Waals surface area contributed by atoms with Crippen molar-refractivity contribution in [3.63, 3.8) is 0 Å². The number of benzene rings is 1. The number of hydrogen-bond acceptors (Lipinski definition) is 1. The summed E-state index contributed by atoms with van der Waals surface area (Å²) in [6.45, 7) is 0. The van der Waals surface area contributed by atoms with Crippen molar-refractivity contribution in [3.8, 4) is 0 Å². The molecule has 17 heavy (non-hydrogen) atoms. The zero-order valence-corrected chi connectivity index (χ0v) is 10.3. The number of carboxylic acid groups (broad SMARTS) is 1. The van der Waals surface area contributed by atoms with Crippen molar-refractivity contribution >= 4 is 21.9 Å². The molecule has 2 nitrogen and oxygen atoms in total. The van der Waals surface area contributed by atoms with Crippen LogP contribution in [-0.2, 0) is 11.2 Å². The predicted molar refractivity (Wildman–Crippen MR) is 59.6 cm³/mol. The Morgan fingerprint density at radius 2 is 1.82 bits per heavy atom. The molecule has 0 aromatic heterocycles. The van der Waals surface area contributed by atoms with Gasteiger partial charge in [-0.2, -0.15) is 13.2 Å². The molecular formula is C11H10BrF3O2. The van der Waals surface area contributed by atoms with Crippen molar-refractivity contribution in [2.45, 2.75) is 19.0 Å². The van der Waals surface area contributed by atoms with E-state index in [0.717, 1.165) is 4.47 Å². The molecule has 0 aliphatic carbocycles. The number of carbonyl (C=O) groups is 1. The summed E-state index contributed by atoms with van der Waals surface area (Å²) in [5, 5.41) is 8.50. The largest absolute Gasteiger partial charge is 0.481 e. The van der Waals surface area contributed by atoms with Crippen LogP contribution in [0.1, 0.15) is 12.0 Å². The summed E-state index contributed by atoms with van der Waals surface area (Å²) in [5.74, 6) is -4.12. The van der Waals surface area contributed by atoms with E-state index in [1.165, 1.54) is 0 Å². The van der Waals surface area contributed by atoms with Gasteiger partial charge in [0.05, 0.1) is 0 Å². The summed E-state index contributed by atoms with van der Waals surface area (Å²) in [6.07, 6.45) is -5.05. The minimum absolute atomic E-state index is 0.0871. The van der Waals surface area contributed by atoms with Crippen LogP contribution in [0.2, 0.25) is 0 Å². The molecule has 1 aromatic rings. The molecule has 0 saturated heterocycles. The van der Waals surface area contributed by atoms with Crippen molar-refractivity contribution in [1.29, 1.82) is 0 Å². The Bertz CT molecular complexity index is 387. The van der Waals surface area contributed by atoms with Gasteiger partial charge in [0.1, 0.15) is 0 Å². The van der Waals surface area contributed by atoms with Gasteiger partial charge >= 0.3 is 12.1 Å². The molecule has 1 rings (SSSR count). The second-order valence-corrected chi connectivity index (χ2v) is 4.51. The van der Waals surface area contributed by atoms with Crippen molar-refractivity contribution in [2.24, 2.45) is 5.92 Å². The molecule has 94 valence electrons. The highest BCUT2D eigenvalue weighted by atomic mass is 79.9. The highest BCUT2D eigenvalue weighted by Crippen LogP contribution is 2.30. The maximum atomic E-state index is 12.3. The molecule has 1 aromatic carbocycles. The van der Waals surface area contributed by atoms with Crippen molar-refractivity contribution < 1.29 is 23.1 Å². The molecule has 0 saturated carbocycles. The second kappa shape index (κ2) is 5.53. The fourth-order valence-corrected chi connectivity index (χ4v) is 1.65. The maximum Gasteiger partial charge on any atom is 0.402 e. The van der Waals surface area contributed by atoms with Gasteiger partial charge in [-0.05, 0) is 30.5 Å². The predicted octanol–water partition coefficient (Wildman–Crippen LogP) is 3.64. The fraction of sp³-hybridized carbons (Fsp3) is 0.364. The Balaban J connectivity index is 2.65. The van der Waals surface area contributed by atoms with E-state index in [0.29, 0.717) is 5.56 Å². The second-order valence-electron chi connectivity index (χ2n) is 3.60. The first-order chi connectivity index (χ1) is 7.80. The molecule has 1 N–H and O–H groups in total. The summed E-state index contributed by atoms with van der Waals surface area (Å²) in [4.78, 5) is 10.5. The minimum atomic E-state index is -4.69. The molecule has 0 aliphatic heterocycles. The molecule has 0 unspecified atom stereocenters. The van der Waals surface area contributed by atoms with Gasteiger partial charge in [-0.15, -0.1) is 0 Å². The van der Waals surface area contributed by atoms with Gasteiger partial charge in [0.15, 0.2) is 5.92 Å². The van der Waals surface area contributed by atoms with Crippen LogP contribution in [0.15, 0.2) is 28.7 Å². The van der Waals surface area contributed by atoms with Crippen LogP contribution in [0.4, 0.5) is 13.2 Å². The summed E-state index contributed by atoms with van der Waals surface area (Å²) >= 11 is 3.21. The lowest BCUT2D eigenvalue weighted by Crippen LogP contribution is -2.30. The van der Waals surface area contributed by atoms with Gasteiger partial charge < -0.3 is 5.11 Å². The van der Waals surface area contributed by atoms with E-state index in [9.17, 15) is 18.0 Å². The Labute approximate surface area is 105 Å². The number of carboxylic acids is 1. The number of alkyl halides is 3.